The number of fused-ring (bicyclic) bond motifs is 1. The van der Waals surface area contributed by atoms with Gasteiger partial charge in [0.25, 0.3) is 0 Å². The number of aryl methyl sites for hydroxylation is 1. The molecule has 0 saturated carbocycles. The van der Waals surface area contributed by atoms with Crippen molar-refractivity contribution in [3.8, 4) is 0 Å². The largest absolute Gasteiger partial charge is 0.477 e. The molecule has 84 valence electrons. The maximum Gasteiger partial charge on any atom is 0.352 e. The van der Waals surface area contributed by atoms with Crippen LogP contribution >= 0.6 is 0 Å². The quantitative estimate of drug-likeness (QED) is 0.825. The van der Waals surface area contributed by atoms with Crippen molar-refractivity contribution in [2.24, 2.45) is 0 Å². The Morgan fingerprint density at radius 1 is 1.44 bits per heavy atom. The average molecular weight is 225 g/mol. The fraction of sp³-hybridized carbons (Fsp3) is 0.182. The Morgan fingerprint density at radius 2 is 2.12 bits per heavy atom. The van der Waals surface area contributed by atoms with E-state index in [1.54, 1.807) is 6.92 Å². The van der Waals surface area contributed by atoms with Crippen molar-refractivity contribution < 1.29 is 18.7 Å². The van der Waals surface area contributed by atoms with E-state index in [0.29, 0.717) is 12.0 Å². The van der Waals surface area contributed by atoms with Crippen LogP contribution in [0.1, 0.15) is 23.0 Å². The minimum Gasteiger partial charge on any atom is -0.477 e. The van der Waals surface area contributed by atoms with Gasteiger partial charge in [0.05, 0.1) is 5.52 Å². The standard InChI is InChI=1S/C11H9F2NO2/c1-2-6-7-3-5(12)4-8(13)9(7)14-10(6)11(15)16/h3-4,14H,2H2,1H3,(H,15,16). The summed E-state index contributed by atoms with van der Waals surface area (Å²) in [6, 6.07) is 1.87. The molecule has 2 rings (SSSR count). The Bertz CT molecular complexity index is 575. The zero-order valence-electron chi connectivity index (χ0n) is 8.47. The second-order valence-corrected chi connectivity index (χ2v) is 3.45. The van der Waals surface area contributed by atoms with Gasteiger partial charge in [-0.05, 0) is 18.1 Å². The maximum atomic E-state index is 13.4. The molecule has 0 fully saturated rings. The Balaban J connectivity index is 2.87. The first-order valence-electron chi connectivity index (χ1n) is 4.77. The third kappa shape index (κ3) is 1.44. The fourth-order valence-corrected chi connectivity index (χ4v) is 1.82. The molecule has 0 aliphatic heterocycles. The van der Waals surface area contributed by atoms with Gasteiger partial charge in [0.1, 0.15) is 17.3 Å². The van der Waals surface area contributed by atoms with Gasteiger partial charge in [-0.25, -0.2) is 13.6 Å². The molecule has 3 nitrogen and oxygen atoms in total. The molecule has 2 aromatic rings. The van der Waals surface area contributed by atoms with E-state index in [1.807, 2.05) is 0 Å². The fourth-order valence-electron chi connectivity index (χ4n) is 1.82. The molecule has 0 radical (unpaired) electrons. The molecule has 1 heterocycles. The summed E-state index contributed by atoms with van der Waals surface area (Å²) in [6.45, 7) is 1.73. The molecular formula is C11H9F2NO2. The van der Waals surface area contributed by atoms with Gasteiger partial charge in [0, 0.05) is 11.5 Å². The third-order valence-electron chi connectivity index (χ3n) is 2.50. The molecule has 1 aromatic carbocycles. The van der Waals surface area contributed by atoms with Crippen molar-refractivity contribution in [1.82, 2.24) is 4.98 Å². The van der Waals surface area contributed by atoms with E-state index in [4.69, 9.17) is 5.11 Å². The molecule has 0 aliphatic rings. The Kier molecular flexibility index (Phi) is 2.38. The minimum atomic E-state index is -1.17. The SMILES string of the molecule is CCc1c(C(=O)O)[nH]c2c(F)cc(F)cc12. The average Bonchev–Trinajstić information content (AvgIpc) is 2.56. The predicted molar refractivity (Wildman–Crippen MR) is 54.6 cm³/mol. The molecule has 5 heteroatoms. The zero-order chi connectivity index (χ0) is 11.9. The van der Waals surface area contributed by atoms with Crippen molar-refractivity contribution in [3.63, 3.8) is 0 Å². The number of H-pyrrole nitrogens is 1. The van der Waals surface area contributed by atoms with Gasteiger partial charge in [-0.3, -0.25) is 0 Å². The van der Waals surface area contributed by atoms with E-state index in [0.717, 1.165) is 12.1 Å². The number of rotatable bonds is 2. The van der Waals surface area contributed by atoms with Gasteiger partial charge >= 0.3 is 5.97 Å². The van der Waals surface area contributed by atoms with Crippen LogP contribution in [0.4, 0.5) is 8.78 Å². The number of benzene rings is 1. The lowest BCUT2D eigenvalue weighted by atomic mass is 10.1. The van der Waals surface area contributed by atoms with Crippen LogP contribution in [0.3, 0.4) is 0 Å². The van der Waals surface area contributed by atoms with Crippen LogP contribution in [0.2, 0.25) is 0 Å². The lowest BCUT2D eigenvalue weighted by Crippen LogP contribution is -2.00. The minimum absolute atomic E-state index is 0.0376. The number of carboxylic acid groups (broad SMARTS) is 1. The van der Waals surface area contributed by atoms with E-state index in [1.165, 1.54) is 0 Å². The monoisotopic (exact) mass is 225 g/mol. The summed E-state index contributed by atoms with van der Waals surface area (Å²) < 4.78 is 26.4. The lowest BCUT2D eigenvalue weighted by molar-refractivity contribution is 0.0690. The van der Waals surface area contributed by atoms with E-state index < -0.39 is 17.6 Å². The lowest BCUT2D eigenvalue weighted by Gasteiger charge is -1.96. The van der Waals surface area contributed by atoms with Gasteiger partial charge in [0.2, 0.25) is 0 Å². The van der Waals surface area contributed by atoms with Crippen molar-refractivity contribution in [1.29, 1.82) is 0 Å². The smallest absolute Gasteiger partial charge is 0.352 e. The van der Waals surface area contributed by atoms with E-state index in [9.17, 15) is 13.6 Å². The first-order valence-corrected chi connectivity index (χ1v) is 4.77. The van der Waals surface area contributed by atoms with Crippen molar-refractivity contribution in [2.45, 2.75) is 13.3 Å². The highest BCUT2D eigenvalue weighted by atomic mass is 19.1. The van der Waals surface area contributed by atoms with Crippen LogP contribution in [-0.2, 0) is 6.42 Å². The van der Waals surface area contributed by atoms with Crippen LogP contribution in [-0.4, -0.2) is 16.1 Å². The van der Waals surface area contributed by atoms with Gasteiger partial charge in [-0.1, -0.05) is 6.92 Å². The van der Waals surface area contributed by atoms with E-state index >= 15 is 0 Å². The summed E-state index contributed by atoms with van der Waals surface area (Å²) >= 11 is 0. The molecule has 1 aromatic heterocycles. The van der Waals surface area contributed by atoms with E-state index in [-0.39, 0.29) is 16.6 Å². The van der Waals surface area contributed by atoms with Crippen molar-refractivity contribution >= 4 is 16.9 Å². The molecule has 0 spiro atoms. The summed E-state index contributed by atoms with van der Waals surface area (Å²) in [5.41, 5.74) is 0.374. The van der Waals surface area contributed by atoms with Gasteiger partial charge in [-0.2, -0.15) is 0 Å². The van der Waals surface area contributed by atoms with Gasteiger partial charge < -0.3 is 10.1 Å². The second kappa shape index (κ2) is 3.59. The Morgan fingerprint density at radius 3 is 2.69 bits per heavy atom. The number of hydrogen-bond acceptors (Lipinski definition) is 1. The number of aromatic nitrogens is 1. The molecule has 0 bridgehead atoms. The topological polar surface area (TPSA) is 53.1 Å². The van der Waals surface area contributed by atoms with Crippen molar-refractivity contribution in [3.05, 3.63) is 35.0 Å². The molecule has 0 atom stereocenters. The summed E-state index contributed by atoms with van der Waals surface area (Å²) in [5, 5.41) is 9.20. The van der Waals surface area contributed by atoms with Crippen LogP contribution in [0.25, 0.3) is 10.9 Å². The number of halogens is 2. The van der Waals surface area contributed by atoms with E-state index in [2.05, 4.69) is 4.98 Å². The molecular weight excluding hydrogens is 216 g/mol. The number of aromatic amines is 1. The summed E-state index contributed by atoms with van der Waals surface area (Å²) in [4.78, 5) is 13.4. The number of nitrogens with one attached hydrogen (secondary N) is 1. The molecule has 0 unspecified atom stereocenters. The first-order chi connectivity index (χ1) is 7.54. The second-order valence-electron chi connectivity index (χ2n) is 3.45. The van der Waals surface area contributed by atoms with Gasteiger partial charge in [-0.15, -0.1) is 0 Å². The molecule has 0 amide bonds. The number of carbonyl (C=O) groups is 1. The van der Waals surface area contributed by atoms with Gasteiger partial charge in [0.15, 0.2) is 0 Å². The highest BCUT2D eigenvalue weighted by Gasteiger charge is 2.18. The van der Waals surface area contributed by atoms with Crippen LogP contribution < -0.4 is 0 Å². The maximum absolute atomic E-state index is 13.4. The van der Waals surface area contributed by atoms with Crippen LogP contribution in [0.15, 0.2) is 12.1 Å². The number of carboxylic acids is 1. The van der Waals surface area contributed by atoms with Crippen molar-refractivity contribution in [2.75, 3.05) is 0 Å². The zero-order valence-corrected chi connectivity index (χ0v) is 8.47. The van der Waals surface area contributed by atoms with Crippen LogP contribution in [0.5, 0.6) is 0 Å². The first kappa shape index (κ1) is 10.6. The highest BCUT2D eigenvalue weighted by molar-refractivity contribution is 5.97. The summed E-state index contributed by atoms with van der Waals surface area (Å²) in [5.74, 6) is -2.67. The third-order valence-corrected chi connectivity index (χ3v) is 2.50. The number of hydrogen-bond donors (Lipinski definition) is 2. The predicted octanol–water partition coefficient (Wildman–Crippen LogP) is 2.71. The normalized spacial score (nSPS) is 10.9. The highest BCUT2D eigenvalue weighted by Crippen LogP contribution is 2.26. The summed E-state index contributed by atoms with van der Waals surface area (Å²) in [7, 11) is 0. The van der Waals surface area contributed by atoms with Crippen LogP contribution in [0, 0.1) is 11.6 Å². The molecule has 16 heavy (non-hydrogen) atoms. The molecule has 0 saturated heterocycles. The molecule has 2 N–H and O–H groups in total. The number of aromatic carboxylic acids is 1. The Hall–Kier alpha value is -1.91. The Labute approximate surface area is 89.7 Å². The molecule has 0 aliphatic carbocycles. The summed E-state index contributed by atoms with van der Waals surface area (Å²) in [6.07, 6.45) is 0.393.